The number of hydrogen-bond acceptors (Lipinski definition) is 6. The van der Waals surface area contributed by atoms with Crippen LogP contribution in [0.5, 0.6) is 0 Å². The number of anilines is 1. The molecule has 2 aromatic rings. The van der Waals surface area contributed by atoms with Gasteiger partial charge < -0.3 is 10.2 Å². The van der Waals surface area contributed by atoms with Crippen molar-refractivity contribution in [1.29, 1.82) is 0 Å². The van der Waals surface area contributed by atoms with Crippen molar-refractivity contribution in [3.63, 3.8) is 0 Å². The minimum atomic E-state index is -3.02. The van der Waals surface area contributed by atoms with E-state index >= 15 is 0 Å². The molecule has 31 heavy (non-hydrogen) atoms. The van der Waals surface area contributed by atoms with Crippen molar-refractivity contribution in [3.05, 3.63) is 64.7 Å². The monoisotopic (exact) mass is 477 g/mol. The molecule has 0 aliphatic carbocycles. The second-order valence-corrected chi connectivity index (χ2v) is 11.8. The Morgan fingerprint density at radius 1 is 1.19 bits per heavy atom. The predicted molar refractivity (Wildman–Crippen MR) is 128 cm³/mol. The van der Waals surface area contributed by atoms with E-state index in [1.807, 2.05) is 55.1 Å². The quantitative estimate of drug-likeness (QED) is 0.709. The minimum Gasteiger partial charge on any atom is -0.350 e. The summed E-state index contributed by atoms with van der Waals surface area (Å²) >= 11 is 7.91. The van der Waals surface area contributed by atoms with Crippen LogP contribution in [0.2, 0.25) is 5.02 Å². The number of carbonyl (C=O) groups is 1. The molecule has 2 aromatic carbocycles. The average molecular weight is 478 g/mol. The molecule has 0 unspecified atom stereocenters. The second-order valence-electron chi connectivity index (χ2n) is 8.06. The molecule has 4 rings (SSSR count). The zero-order valence-electron chi connectivity index (χ0n) is 17.3. The molecular formula is C22H24ClN3O3S2. The molecule has 0 spiro atoms. The van der Waals surface area contributed by atoms with Crippen LogP contribution in [0.25, 0.3) is 0 Å². The Morgan fingerprint density at radius 3 is 2.55 bits per heavy atom. The summed E-state index contributed by atoms with van der Waals surface area (Å²) in [5.41, 5.74) is 2.40. The first-order valence-electron chi connectivity index (χ1n) is 10.1. The highest BCUT2D eigenvalue weighted by molar-refractivity contribution is 8.15. The second kappa shape index (κ2) is 8.84. The first kappa shape index (κ1) is 22.2. The highest BCUT2D eigenvalue weighted by Gasteiger charge is 2.44. The van der Waals surface area contributed by atoms with Crippen LogP contribution in [0.4, 0.5) is 5.69 Å². The summed E-state index contributed by atoms with van der Waals surface area (Å²) in [6.07, 6.45) is 0. The van der Waals surface area contributed by atoms with Gasteiger partial charge in [-0.1, -0.05) is 41.6 Å². The number of amides is 1. The highest BCUT2D eigenvalue weighted by Crippen LogP contribution is 2.37. The number of nitrogens with zero attached hydrogens (tertiary/aromatic N) is 2. The lowest BCUT2D eigenvalue weighted by molar-refractivity contribution is 0.0943. The van der Waals surface area contributed by atoms with Crippen LogP contribution in [0, 0.1) is 0 Å². The molecule has 2 aliphatic rings. The highest BCUT2D eigenvalue weighted by atomic mass is 35.5. The molecule has 1 N–H and O–H groups in total. The molecule has 0 bridgehead atoms. The van der Waals surface area contributed by atoms with Crippen molar-refractivity contribution >= 4 is 50.0 Å². The van der Waals surface area contributed by atoms with Gasteiger partial charge in [0.2, 0.25) is 0 Å². The van der Waals surface area contributed by atoms with Crippen LogP contribution in [-0.2, 0) is 16.4 Å². The fourth-order valence-electron chi connectivity index (χ4n) is 3.68. The number of benzene rings is 2. The zero-order chi connectivity index (χ0) is 22.2. The van der Waals surface area contributed by atoms with Crippen molar-refractivity contribution in [2.24, 2.45) is 4.99 Å². The van der Waals surface area contributed by atoms with Crippen molar-refractivity contribution in [2.75, 3.05) is 16.4 Å². The maximum atomic E-state index is 12.3. The van der Waals surface area contributed by atoms with Crippen molar-refractivity contribution in [2.45, 2.75) is 37.7 Å². The van der Waals surface area contributed by atoms with E-state index in [0.717, 1.165) is 16.4 Å². The normalized spacial score (nSPS) is 21.6. The maximum absolute atomic E-state index is 12.3. The third kappa shape index (κ3) is 5.07. The average Bonchev–Trinajstić information content (AvgIpc) is 3.20. The standard InChI is InChI=1S/C22H24ClN3O3S2/c1-14(2)24-21(27)15-7-9-17(10-8-15)26(11-16-5-3-4-6-18(16)23)22-25-19-12-31(28,29)13-20(19)30-22/h3-10,14,19-20H,11-13H2,1-2H3,(H,24,27)/t19-,20+/m1/s1. The lowest BCUT2D eigenvalue weighted by atomic mass is 10.1. The van der Waals surface area contributed by atoms with Crippen LogP contribution in [0.15, 0.2) is 53.5 Å². The van der Waals surface area contributed by atoms with Gasteiger partial charge >= 0.3 is 0 Å². The van der Waals surface area contributed by atoms with Gasteiger partial charge in [0.25, 0.3) is 5.91 Å². The summed E-state index contributed by atoms with van der Waals surface area (Å²) < 4.78 is 23.9. The van der Waals surface area contributed by atoms with E-state index in [9.17, 15) is 13.2 Å². The summed E-state index contributed by atoms with van der Waals surface area (Å²) in [6, 6.07) is 14.8. The van der Waals surface area contributed by atoms with Gasteiger partial charge in [0.1, 0.15) is 0 Å². The lowest BCUT2D eigenvalue weighted by Crippen LogP contribution is -2.30. The van der Waals surface area contributed by atoms with E-state index in [4.69, 9.17) is 16.6 Å². The van der Waals surface area contributed by atoms with Crippen molar-refractivity contribution in [1.82, 2.24) is 5.32 Å². The van der Waals surface area contributed by atoms with Crippen LogP contribution in [0.1, 0.15) is 29.8 Å². The maximum Gasteiger partial charge on any atom is 0.251 e. The fourth-order valence-corrected chi connectivity index (χ4v) is 7.65. The molecule has 9 heteroatoms. The molecule has 1 fully saturated rings. The number of amidine groups is 1. The van der Waals surface area contributed by atoms with Gasteiger partial charge in [-0.2, -0.15) is 0 Å². The number of hydrogen-bond donors (Lipinski definition) is 1. The van der Waals surface area contributed by atoms with Crippen LogP contribution in [0.3, 0.4) is 0 Å². The number of halogens is 1. The third-order valence-electron chi connectivity index (χ3n) is 5.18. The van der Waals surface area contributed by atoms with E-state index < -0.39 is 9.84 Å². The van der Waals surface area contributed by atoms with Gasteiger partial charge in [-0.3, -0.25) is 9.79 Å². The fraction of sp³-hybridized carbons (Fsp3) is 0.364. The summed E-state index contributed by atoms with van der Waals surface area (Å²) in [7, 11) is -3.02. The summed E-state index contributed by atoms with van der Waals surface area (Å²) in [5, 5.41) is 4.28. The van der Waals surface area contributed by atoms with Gasteiger partial charge in [0, 0.05) is 27.6 Å². The molecule has 0 aromatic heterocycles. The number of thioether (sulfide) groups is 1. The molecule has 2 atom stereocenters. The number of aliphatic imine (C=N–C) groups is 1. The van der Waals surface area contributed by atoms with Gasteiger partial charge in [-0.15, -0.1) is 0 Å². The third-order valence-corrected chi connectivity index (χ3v) is 8.80. The van der Waals surface area contributed by atoms with Crippen LogP contribution >= 0.6 is 23.4 Å². The molecule has 2 heterocycles. The molecule has 0 radical (unpaired) electrons. The number of carbonyl (C=O) groups excluding carboxylic acids is 1. The Kier molecular flexibility index (Phi) is 6.32. The van der Waals surface area contributed by atoms with E-state index in [0.29, 0.717) is 17.1 Å². The summed E-state index contributed by atoms with van der Waals surface area (Å²) in [5.74, 6) is 0.137. The number of sulfone groups is 1. The Bertz CT molecular complexity index is 1120. The number of nitrogens with one attached hydrogen (secondary N) is 1. The molecule has 6 nitrogen and oxygen atoms in total. The molecule has 2 aliphatic heterocycles. The van der Waals surface area contributed by atoms with Gasteiger partial charge in [0.15, 0.2) is 15.0 Å². The summed E-state index contributed by atoms with van der Waals surface area (Å²) in [6.45, 7) is 4.34. The SMILES string of the molecule is CC(C)NC(=O)c1ccc(N(Cc2ccccc2Cl)C2=N[C@@H]3CS(=O)(=O)C[C@@H]3S2)cc1. The predicted octanol–water partition coefficient (Wildman–Crippen LogP) is 3.75. The molecular weight excluding hydrogens is 454 g/mol. The van der Waals surface area contributed by atoms with Gasteiger partial charge in [0.05, 0.1) is 24.1 Å². The Hall–Kier alpha value is -2.03. The molecule has 164 valence electrons. The van der Waals surface area contributed by atoms with Crippen LogP contribution in [-0.4, -0.2) is 48.3 Å². The van der Waals surface area contributed by atoms with E-state index in [1.54, 1.807) is 12.1 Å². The van der Waals surface area contributed by atoms with E-state index in [2.05, 4.69) is 5.32 Å². The van der Waals surface area contributed by atoms with Gasteiger partial charge in [-0.25, -0.2) is 8.42 Å². The van der Waals surface area contributed by atoms with Crippen LogP contribution < -0.4 is 10.2 Å². The van der Waals surface area contributed by atoms with Crippen molar-refractivity contribution < 1.29 is 13.2 Å². The summed E-state index contributed by atoms with van der Waals surface area (Å²) in [4.78, 5) is 19.1. The first-order valence-corrected chi connectivity index (χ1v) is 13.2. The van der Waals surface area contributed by atoms with Crippen molar-refractivity contribution in [3.8, 4) is 0 Å². The smallest absolute Gasteiger partial charge is 0.251 e. The largest absolute Gasteiger partial charge is 0.350 e. The Balaban J connectivity index is 1.63. The number of fused-ring (bicyclic) bond motifs is 1. The number of rotatable bonds is 5. The lowest BCUT2D eigenvalue weighted by Gasteiger charge is -2.25. The molecule has 1 amide bonds. The topological polar surface area (TPSA) is 78.8 Å². The molecule has 0 saturated carbocycles. The first-order chi connectivity index (χ1) is 14.7. The molecule has 1 saturated heterocycles. The zero-order valence-corrected chi connectivity index (χ0v) is 19.7. The Morgan fingerprint density at radius 2 is 1.90 bits per heavy atom. The van der Waals surface area contributed by atoms with E-state index in [1.165, 1.54) is 11.8 Å². The minimum absolute atomic E-state index is 0.0511. The van der Waals surface area contributed by atoms with E-state index in [-0.39, 0.29) is 34.7 Å². The van der Waals surface area contributed by atoms with Gasteiger partial charge in [-0.05, 0) is 49.7 Å². The Labute approximate surface area is 192 Å².